The number of carbonyl (C=O) groups excluding carboxylic acids is 2. The molecule has 0 unspecified atom stereocenters. The van der Waals surface area contributed by atoms with Gasteiger partial charge in [0.25, 0.3) is 0 Å². The van der Waals surface area contributed by atoms with Crippen molar-refractivity contribution in [3.63, 3.8) is 0 Å². The van der Waals surface area contributed by atoms with Crippen LogP contribution in [0.4, 0.5) is 5.69 Å². The van der Waals surface area contributed by atoms with Crippen LogP contribution in [0.1, 0.15) is 0 Å². The van der Waals surface area contributed by atoms with Gasteiger partial charge in [0.15, 0.2) is 0 Å². The van der Waals surface area contributed by atoms with Gasteiger partial charge in [0.2, 0.25) is 5.91 Å². The van der Waals surface area contributed by atoms with Gasteiger partial charge in [-0.2, -0.15) is 0 Å². The van der Waals surface area contributed by atoms with E-state index in [1.807, 2.05) is 0 Å². The Bertz CT molecular complexity index is 436. The van der Waals surface area contributed by atoms with Crippen LogP contribution in [0.25, 0.3) is 0 Å². The van der Waals surface area contributed by atoms with Gasteiger partial charge in [0, 0.05) is 0 Å². The van der Waals surface area contributed by atoms with Crippen molar-refractivity contribution in [3.05, 3.63) is 28.2 Å². The van der Waals surface area contributed by atoms with Gasteiger partial charge in [-0.05, 0) is 12.1 Å². The number of ether oxygens (including phenoxy) is 1. The molecule has 1 amide bonds. The minimum Gasteiger partial charge on any atom is -0.548 e. The lowest BCUT2D eigenvalue weighted by Gasteiger charge is -2.08. The average molecular weight is 277 g/mol. The Morgan fingerprint density at radius 1 is 1.29 bits per heavy atom. The number of hydrogen-bond donors (Lipinski definition) is 1. The maximum absolute atomic E-state index is 11.3. The van der Waals surface area contributed by atoms with E-state index in [4.69, 9.17) is 23.2 Å². The van der Waals surface area contributed by atoms with Crippen molar-refractivity contribution in [2.75, 3.05) is 18.5 Å². The molecule has 0 saturated heterocycles. The second kappa shape index (κ2) is 6.44. The summed E-state index contributed by atoms with van der Waals surface area (Å²) in [5, 5.41) is 13.0. The predicted molar refractivity (Wildman–Crippen MR) is 60.9 cm³/mol. The van der Waals surface area contributed by atoms with E-state index in [0.717, 1.165) is 0 Å². The van der Waals surface area contributed by atoms with Crippen LogP contribution in [-0.4, -0.2) is 25.1 Å². The Balaban J connectivity index is 2.51. The van der Waals surface area contributed by atoms with Crippen molar-refractivity contribution in [3.8, 4) is 0 Å². The van der Waals surface area contributed by atoms with Crippen LogP contribution in [0.15, 0.2) is 18.2 Å². The number of halogens is 2. The molecule has 17 heavy (non-hydrogen) atoms. The highest BCUT2D eigenvalue weighted by Gasteiger charge is 2.08. The molecule has 0 bridgehead atoms. The van der Waals surface area contributed by atoms with Gasteiger partial charge in [-0.1, -0.05) is 29.3 Å². The molecule has 0 heterocycles. The maximum Gasteiger partial charge on any atom is 0.250 e. The van der Waals surface area contributed by atoms with E-state index < -0.39 is 25.1 Å². The van der Waals surface area contributed by atoms with Crippen molar-refractivity contribution in [2.24, 2.45) is 0 Å². The van der Waals surface area contributed by atoms with E-state index in [1.165, 1.54) is 0 Å². The van der Waals surface area contributed by atoms with E-state index in [9.17, 15) is 14.7 Å². The normalized spacial score (nSPS) is 10.0. The molecule has 0 aliphatic heterocycles. The van der Waals surface area contributed by atoms with Gasteiger partial charge in [-0.15, -0.1) is 0 Å². The number of amides is 1. The van der Waals surface area contributed by atoms with Gasteiger partial charge >= 0.3 is 0 Å². The standard InChI is InChI=1S/C10H9Cl2NO4/c11-6-2-1-3-7(10(6)12)13-8(14)4-17-5-9(15)16/h1-3H,4-5H2,(H,13,14)(H,15,16)/p-1. The Morgan fingerprint density at radius 2 is 2.00 bits per heavy atom. The first-order valence-corrected chi connectivity index (χ1v) is 5.27. The van der Waals surface area contributed by atoms with Crippen molar-refractivity contribution in [1.29, 1.82) is 0 Å². The summed E-state index contributed by atoms with van der Waals surface area (Å²) in [6, 6.07) is 4.75. The fourth-order valence-electron chi connectivity index (χ4n) is 1.01. The van der Waals surface area contributed by atoms with Crippen LogP contribution < -0.4 is 10.4 Å². The monoisotopic (exact) mass is 276 g/mol. The molecular formula is C10H8Cl2NO4-. The maximum atomic E-state index is 11.3. The van der Waals surface area contributed by atoms with Crippen LogP contribution in [0.3, 0.4) is 0 Å². The fraction of sp³-hybridized carbons (Fsp3) is 0.200. The highest BCUT2D eigenvalue weighted by Crippen LogP contribution is 2.29. The molecule has 1 aromatic rings. The molecule has 0 fully saturated rings. The Morgan fingerprint density at radius 3 is 2.65 bits per heavy atom. The Labute approximate surface area is 107 Å². The molecule has 1 rings (SSSR count). The van der Waals surface area contributed by atoms with Gasteiger partial charge in [-0.3, -0.25) is 4.79 Å². The number of aliphatic carboxylic acids is 1. The van der Waals surface area contributed by atoms with Crippen LogP contribution in [0.2, 0.25) is 10.0 Å². The summed E-state index contributed by atoms with van der Waals surface area (Å²) < 4.78 is 4.55. The fourth-order valence-corrected chi connectivity index (χ4v) is 1.36. The number of carbonyl (C=O) groups is 2. The molecule has 0 atom stereocenters. The highest BCUT2D eigenvalue weighted by molar-refractivity contribution is 6.43. The number of benzene rings is 1. The second-order valence-electron chi connectivity index (χ2n) is 3.01. The molecule has 0 aliphatic carbocycles. The lowest BCUT2D eigenvalue weighted by Crippen LogP contribution is -2.29. The second-order valence-corrected chi connectivity index (χ2v) is 3.80. The first-order chi connectivity index (χ1) is 8.00. The quantitative estimate of drug-likeness (QED) is 0.859. The number of hydrogen-bond acceptors (Lipinski definition) is 4. The third-order valence-electron chi connectivity index (χ3n) is 1.68. The zero-order chi connectivity index (χ0) is 12.8. The molecule has 5 nitrogen and oxygen atoms in total. The molecule has 1 aromatic carbocycles. The zero-order valence-corrected chi connectivity index (χ0v) is 10.0. The molecule has 0 saturated carbocycles. The number of carboxylic acid groups (broad SMARTS) is 1. The number of rotatable bonds is 5. The van der Waals surface area contributed by atoms with Crippen LogP contribution in [-0.2, 0) is 14.3 Å². The topological polar surface area (TPSA) is 78.5 Å². The number of nitrogens with one attached hydrogen (secondary N) is 1. The summed E-state index contributed by atoms with van der Waals surface area (Å²) in [4.78, 5) is 21.3. The molecule has 1 N–H and O–H groups in total. The highest BCUT2D eigenvalue weighted by atomic mass is 35.5. The average Bonchev–Trinajstić information content (AvgIpc) is 2.24. The molecule has 0 spiro atoms. The first-order valence-electron chi connectivity index (χ1n) is 4.52. The molecule has 0 radical (unpaired) electrons. The summed E-state index contributed by atoms with van der Waals surface area (Å²) in [6.07, 6.45) is 0. The largest absolute Gasteiger partial charge is 0.548 e. The van der Waals surface area contributed by atoms with Gasteiger partial charge in [0.1, 0.15) is 6.61 Å². The first kappa shape index (κ1) is 13.8. The van der Waals surface area contributed by atoms with E-state index in [2.05, 4.69) is 10.1 Å². The SMILES string of the molecule is O=C([O-])COCC(=O)Nc1cccc(Cl)c1Cl. The summed E-state index contributed by atoms with van der Waals surface area (Å²) in [5.41, 5.74) is 0.334. The number of carboxylic acids is 1. The van der Waals surface area contributed by atoms with E-state index in [-0.39, 0.29) is 5.02 Å². The minimum absolute atomic E-state index is 0.211. The van der Waals surface area contributed by atoms with Crippen molar-refractivity contribution >= 4 is 40.8 Å². The third-order valence-corrected chi connectivity index (χ3v) is 2.50. The van der Waals surface area contributed by atoms with Crippen LogP contribution in [0, 0.1) is 0 Å². The lowest BCUT2D eigenvalue weighted by molar-refractivity contribution is -0.309. The summed E-state index contributed by atoms with van der Waals surface area (Å²) >= 11 is 11.6. The van der Waals surface area contributed by atoms with Gasteiger partial charge in [0.05, 0.1) is 28.3 Å². The van der Waals surface area contributed by atoms with E-state index >= 15 is 0 Å². The van der Waals surface area contributed by atoms with E-state index in [0.29, 0.717) is 10.7 Å². The minimum atomic E-state index is -1.39. The molecule has 0 aliphatic rings. The molecule has 0 aromatic heterocycles. The molecule has 7 heteroatoms. The summed E-state index contributed by atoms with van der Waals surface area (Å²) in [7, 11) is 0. The third kappa shape index (κ3) is 4.60. The van der Waals surface area contributed by atoms with Crippen molar-refractivity contribution in [1.82, 2.24) is 0 Å². The molecule has 92 valence electrons. The van der Waals surface area contributed by atoms with Crippen LogP contribution in [0.5, 0.6) is 0 Å². The lowest BCUT2D eigenvalue weighted by atomic mass is 10.3. The van der Waals surface area contributed by atoms with Crippen molar-refractivity contribution < 1.29 is 19.4 Å². The zero-order valence-electron chi connectivity index (χ0n) is 8.54. The van der Waals surface area contributed by atoms with E-state index in [1.54, 1.807) is 18.2 Å². The molecular weight excluding hydrogens is 269 g/mol. The smallest absolute Gasteiger partial charge is 0.250 e. The summed E-state index contributed by atoms with van der Waals surface area (Å²) in [5.74, 6) is -1.92. The Kier molecular flexibility index (Phi) is 5.21. The Hall–Kier alpha value is -1.30. The van der Waals surface area contributed by atoms with Crippen molar-refractivity contribution in [2.45, 2.75) is 0 Å². The van der Waals surface area contributed by atoms with Crippen LogP contribution >= 0.6 is 23.2 Å². The summed E-state index contributed by atoms with van der Waals surface area (Å²) in [6.45, 7) is -1.05. The predicted octanol–water partition coefficient (Wildman–Crippen LogP) is 0.698. The number of anilines is 1. The van der Waals surface area contributed by atoms with Gasteiger partial charge in [-0.25, -0.2) is 0 Å². The van der Waals surface area contributed by atoms with Gasteiger partial charge < -0.3 is 20.0 Å².